The summed E-state index contributed by atoms with van der Waals surface area (Å²) in [6, 6.07) is 3.62. The Kier molecular flexibility index (Phi) is 5.06. The second kappa shape index (κ2) is 7.13. The molecule has 0 radical (unpaired) electrons. The van der Waals surface area contributed by atoms with Crippen molar-refractivity contribution in [3.63, 3.8) is 0 Å². The predicted octanol–water partition coefficient (Wildman–Crippen LogP) is 2.16. The Morgan fingerprint density at radius 1 is 1.35 bits per heavy atom. The van der Waals surface area contributed by atoms with Gasteiger partial charge in [0.05, 0.1) is 18.1 Å². The number of carboxylic acid groups (broad SMARTS) is 1. The van der Waals surface area contributed by atoms with Crippen LogP contribution < -0.4 is 4.74 Å². The standard InChI is InChI=1S/C16H16Cl2N4O4/c1-8(26-13-4-3-10(17)5-11(13)18)15(23)22-7-14-20-19-9(2)21(14)6-12(22)16(24)25/h3-5,8,12H,6-7H2,1-2H3,(H,24,25). The Hall–Kier alpha value is -2.32. The smallest absolute Gasteiger partial charge is 0.328 e. The molecule has 3 rings (SSSR count). The average molecular weight is 399 g/mol. The van der Waals surface area contributed by atoms with Crippen LogP contribution in [0.15, 0.2) is 18.2 Å². The molecule has 1 aromatic carbocycles. The number of ether oxygens (including phenoxy) is 1. The summed E-state index contributed by atoms with van der Waals surface area (Å²) in [5.41, 5.74) is 0. The maximum absolute atomic E-state index is 12.8. The van der Waals surface area contributed by atoms with Gasteiger partial charge in [-0.3, -0.25) is 4.79 Å². The van der Waals surface area contributed by atoms with Crippen molar-refractivity contribution in [3.05, 3.63) is 39.9 Å². The molecule has 2 heterocycles. The Morgan fingerprint density at radius 3 is 2.73 bits per heavy atom. The zero-order valence-corrected chi connectivity index (χ0v) is 15.5. The van der Waals surface area contributed by atoms with Crippen LogP contribution in [0, 0.1) is 6.92 Å². The highest BCUT2D eigenvalue weighted by Crippen LogP contribution is 2.29. The van der Waals surface area contributed by atoms with Gasteiger partial charge >= 0.3 is 5.97 Å². The average Bonchev–Trinajstić information content (AvgIpc) is 2.96. The minimum Gasteiger partial charge on any atom is -0.480 e. The molecule has 1 amide bonds. The number of nitrogens with zero attached hydrogens (tertiary/aromatic N) is 4. The Morgan fingerprint density at radius 2 is 2.08 bits per heavy atom. The minimum atomic E-state index is -1.10. The van der Waals surface area contributed by atoms with E-state index in [1.165, 1.54) is 17.9 Å². The topological polar surface area (TPSA) is 97.5 Å². The monoisotopic (exact) mass is 398 g/mol. The number of hydrogen-bond acceptors (Lipinski definition) is 5. The number of carbonyl (C=O) groups is 2. The van der Waals surface area contributed by atoms with Gasteiger partial charge in [-0.1, -0.05) is 23.2 Å². The number of benzene rings is 1. The van der Waals surface area contributed by atoms with E-state index in [-0.39, 0.29) is 18.1 Å². The summed E-state index contributed by atoms with van der Waals surface area (Å²) in [5.74, 6) is -0.148. The van der Waals surface area contributed by atoms with Crippen LogP contribution in [-0.4, -0.2) is 48.8 Å². The lowest BCUT2D eigenvalue weighted by molar-refractivity contribution is -0.155. The molecule has 10 heteroatoms. The van der Waals surface area contributed by atoms with E-state index >= 15 is 0 Å². The van der Waals surface area contributed by atoms with E-state index in [2.05, 4.69) is 10.2 Å². The third kappa shape index (κ3) is 3.47. The lowest BCUT2D eigenvalue weighted by atomic mass is 10.1. The van der Waals surface area contributed by atoms with Gasteiger partial charge in [0.2, 0.25) is 0 Å². The number of rotatable bonds is 4. The van der Waals surface area contributed by atoms with E-state index in [1.54, 1.807) is 23.6 Å². The highest BCUT2D eigenvalue weighted by molar-refractivity contribution is 6.35. The van der Waals surface area contributed by atoms with Crippen molar-refractivity contribution >= 4 is 35.1 Å². The van der Waals surface area contributed by atoms with Crippen molar-refractivity contribution in [2.24, 2.45) is 0 Å². The molecule has 2 unspecified atom stereocenters. The molecule has 0 bridgehead atoms. The van der Waals surface area contributed by atoms with E-state index in [4.69, 9.17) is 27.9 Å². The molecule has 1 aliphatic heterocycles. The molecular formula is C16H16Cl2N4O4. The number of aromatic nitrogens is 3. The van der Waals surface area contributed by atoms with Crippen LogP contribution >= 0.6 is 23.2 Å². The zero-order valence-electron chi connectivity index (χ0n) is 14.0. The largest absolute Gasteiger partial charge is 0.480 e. The highest BCUT2D eigenvalue weighted by Gasteiger charge is 2.38. The third-order valence-corrected chi connectivity index (χ3v) is 4.70. The SMILES string of the molecule is Cc1nnc2n1CC(C(=O)O)N(C(=O)C(C)Oc1ccc(Cl)cc1Cl)C2. The van der Waals surface area contributed by atoms with Crippen LogP contribution in [0.25, 0.3) is 0 Å². The van der Waals surface area contributed by atoms with Crippen LogP contribution in [0.2, 0.25) is 10.0 Å². The van der Waals surface area contributed by atoms with E-state index in [0.717, 1.165) is 0 Å². The molecular weight excluding hydrogens is 383 g/mol. The number of hydrogen-bond donors (Lipinski definition) is 1. The fraction of sp³-hybridized carbons (Fsp3) is 0.375. The molecule has 0 spiro atoms. The fourth-order valence-electron chi connectivity index (χ4n) is 2.80. The molecule has 8 nitrogen and oxygen atoms in total. The molecule has 26 heavy (non-hydrogen) atoms. The summed E-state index contributed by atoms with van der Waals surface area (Å²) < 4.78 is 7.32. The number of amides is 1. The molecule has 2 atom stereocenters. The Labute approximate surface area is 159 Å². The van der Waals surface area contributed by atoms with E-state index in [1.807, 2.05) is 0 Å². The summed E-state index contributed by atoms with van der Waals surface area (Å²) in [4.78, 5) is 25.7. The lowest BCUT2D eigenvalue weighted by Crippen LogP contribution is -2.54. The first-order valence-corrected chi connectivity index (χ1v) is 8.57. The van der Waals surface area contributed by atoms with Crippen molar-refractivity contribution in [2.75, 3.05) is 0 Å². The van der Waals surface area contributed by atoms with E-state index in [9.17, 15) is 14.7 Å². The van der Waals surface area contributed by atoms with Gasteiger partial charge in [0.25, 0.3) is 5.91 Å². The molecule has 138 valence electrons. The summed E-state index contributed by atoms with van der Waals surface area (Å²) >= 11 is 11.9. The first kappa shape index (κ1) is 18.5. The molecule has 1 aromatic heterocycles. The zero-order chi connectivity index (χ0) is 19.0. The summed E-state index contributed by atoms with van der Waals surface area (Å²) in [7, 11) is 0. The fourth-order valence-corrected chi connectivity index (χ4v) is 3.25. The van der Waals surface area contributed by atoms with Gasteiger partial charge < -0.3 is 19.3 Å². The quantitative estimate of drug-likeness (QED) is 0.846. The maximum Gasteiger partial charge on any atom is 0.328 e. The van der Waals surface area contributed by atoms with Crippen molar-refractivity contribution in [1.82, 2.24) is 19.7 Å². The number of aryl methyl sites for hydroxylation is 1. The van der Waals surface area contributed by atoms with Crippen molar-refractivity contribution < 1.29 is 19.4 Å². The number of fused-ring (bicyclic) bond motifs is 1. The van der Waals surface area contributed by atoms with Gasteiger partial charge in [0.15, 0.2) is 11.9 Å². The number of halogens is 2. The first-order chi connectivity index (χ1) is 12.3. The summed E-state index contributed by atoms with van der Waals surface area (Å²) in [6.07, 6.45) is -0.939. The van der Waals surface area contributed by atoms with Gasteiger partial charge in [0, 0.05) is 5.02 Å². The summed E-state index contributed by atoms with van der Waals surface area (Å²) in [6.45, 7) is 3.40. The van der Waals surface area contributed by atoms with Crippen LogP contribution in [0.1, 0.15) is 18.6 Å². The molecule has 0 saturated heterocycles. The van der Waals surface area contributed by atoms with Gasteiger partial charge in [-0.2, -0.15) is 0 Å². The van der Waals surface area contributed by atoms with Crippen LogP contribution in [-0.2, 0) is 22.7 Å². The van der Waals surface area contributed by atoms with Crippen LogP contribution in [0.5, 0.6) is 5.75 Å². The predicted molar refractivity (Wildman–Crippen MR) is 93.3 cm³/mol. The molecule has 0 saturated carbocycles. The lowest BCUT2D eigenvalue weighted by Gasteiger charge is -2.35. The molecule has 0 aliphatic carbocycles. The Bertz CT molecular complexity index is 870. The minimum absolute atomic E-state index is 0.0404. The maximum atomic E-state index is 12.8. The summed E-state index contributed by atoms with van der Waals surface area (Å²) in [5, 5.41) is 18.2. The van der Waals surface area contributed by atoms with Crippen molar-refractivity contribution in [1.29, 1.82) is 0 Å². The van der Waals surface area contributed by atoms with Crippen LogP contribution in [0.4, 0.5) is 0 Å². The van der Waals surface area contributed by atoms with Crippen LogP contribution in [0.3, 0.4) is 0 Å². The van der Waals surface area contributed by atoms with Gasteiger partial charge in [-0.25, -0.2) is 4.79 Å². The molecule has 1 N–H and O–H groups in total. The third-order valence-electron chi connectivity index (χ3n) is 4.17. The molecule has 0 fully saturated rings. The van der Waals surface area contributed by atoms with Crippen molar-refractivity contribution in [2.45, 2.75) is 39.1 Å². The van der Waals surface area contributed by atoms with Gasteiger partial charge in [-0.15, -0.1) is 10.2 Å². The Balaban J connectivity index is 1.81. The molecule has 2 aromatic rings. The molecule has 1 aliphatic rings. The second-order valence-corrected chi connectivity index (χ2v) is 6.77. The van der Waals surface area contributed by atoms with Crippen molar-refractivity contribution in [3.8, 4) is 5.75 Å². The number of aliphatic carboxylic acids is 1. The van der Waals surface area contributed by atoms with Gasteiger partial charge in [-0.05, 0) is 32.0 Å². The number of carbonyl (C=O) groups excluding carboxylic acids is 1. The normalized spacial score (nSPS) is 17.5. The van der Waals surface area contributed by atoms with E-state index < -0.39 is 24.0 Å². The highest BCUT2D eigenvalue weighted by atomic mass is 35.5. The number of carboxylic acids is 1. The first-order valence-electron chi connectivity index (χ1n) is 7.81. The second-order valence-electron chi connectivity index (χ2n) is 5.93. The van der Waals surface area contributed by atoms with Gasteiger partial charge in [0.1, 0.15) is 17.6 Å². The van der Waals surface area contributed by atoms with E-state index in [0.29, 0.717) is 22.4 Å².